The molecule has 2 aromatic carbocycles. The number of nitrogens with one attached hydrogen (secondary N) is 1. The van der Waals surface area contributed by atoms with Gasteiger partial charge in [0.05, 0.1) is 5.52 Å². The third kappa shape index (κ3) is 3.98. The van der Waals surface area contributed by atoms with Crippen LogP contribution in [0.25, 0.3) is 10.9 Å². The number of carboxylic acid groups (broad SMARTS) is 1. The summed E-state index contributed by atoms with van der Waals surface area (Å²) in [4.78, 5) is 28.0. The van der Waals surface area contributed by atoms with Crippen molar-refractivity contribution in [2.45, 2.75) is 12.5 Å². The number of hydrogen-bond donors (Lipinski definition) is 2. The van der Waals surface area contributed by atoms with Crippen molar-refractivity contribution in [1.29, 1.82) is 0 Å². The molecule has 0 radical (unpaired) electrons. The van der Waals surface area contributed by atoms with Crippen LogP contribution in [-0.2, 0) is 11.2 Å². The van der Waals surface area contributed by atoms with Crippen molar-refractivity contribution in [2.24, 2.45) is 0 Å². The van der Waals surface area contributed by atoms with Crippen molar-refractivity contribution in [1.82, 2.24) is 10.3 Å². The molecule has 6 heteroatoms. The first-order valence-corrected chi connectivity index (χ1v) is 7.67. The highest BCUT2D eigenvalue weighted by molar-refractivity contribution is 5.97. The topological polar surface area (TPSA) is 79.3 Å². The molecule has 25 heavy (non-hydrogen) atoms. The Bertz CT molecular complexity index is 943. The molecule has 0 spiro atoms. The van der Waals surface area contributed by atoms with Gasteiger partial charge in [0, 0.05) is 11.8 Å². The van der Waals surface area contributed by atoms with Crippen molar-refractivity contribution in [2.75, 3.05) is 0 Å². The average Bonchev–Trinajstić information content (AvgIpc) is 2.60. The second-order valence-corrected chi connectivity index (χ2v) is 5.59. The fourth-order valence-corrected chi connectivity index (χ4v) is 2.52. The van der Waals surface area contributed by atoms with Crippen LogP contribution in [0.2, 0.25) is 0 Å². The highest BCUT2D eigenvalue weighted by atomic mass is 19.1. The first kappa shape index (κ1) is 16.6. The first-order chi connectivity index (χ1) is 12.0. The number of carbonyl (C=O) groups excluding carboxylic acids is 1. The quantitative estimate of drug-likeness (QED) is 0.750. The molecule has 0 unspecified atom stereocenters. The number of pyridine rings is 1. The number of aromatic nitrogens is 1. The Morgan fingerprint density at radius 2 is 1.88 bits per heavy atom. The van der Waals surface area contributed by atoms with Crippen LogP contribution in [0.15, 0.2) is 60.7 Å². The van der Waals surface area contributed by atoms with Gasteiger partial charge in [0.25, 0.3) is 5.91 Å². The monoisotopic (exact) mass is 338 g/mol. The number of rotatable bonds is 5. The smallest absolute Gasteiger partial charge is 0.326 e. The summed E-state index contributed by atoms with van der Waals surface area (Å²) >= 11 is 0. The molecule has 5 nitrogen and oxygen atoms in total. The van der Waals surface area contributed by atoms with Gasteiger partial charge < -0.3 is 10.4 Å². The Labute approximate surface area is 143 Å². The molecule has 126 valence electrons. The third-order valence-electron chi connectivity index (χ3n) is 3.76. The molecule has 3 aromatic rings. The van der Waals surface area contributed by atoms with Crippen molar-refractivity contribution in [3.05, 3.63) is 77.7 Å². The van der Waals surface area contributed by atoms with Crippen LogP contribution in [-0.4, -0.2) is 28.0 Å². The third-order valence-corrected chi connectivity index (χ3v) is 3.76. The first-order valence-electron chi connectivity index (χ1n) is 7.67. The molecule has 2 N–H and O–H groups in total. The molecule has 0 bridgehead atoms. The number of aliphatic carboxylic acids is 1. The van der Waals surface area contributed by atoms with Crippen molar-refractivity contribution in [3.8, 4) is 0 Å². The molecule has 1 amide bonds. The number of fused-ring (bicyclic) bond motifs is 1. The molecule has 1 heterocycles. The highest BCUT2D eigenvalue weighted by Crippen LogP contribution is 2.12. The standard InChI is InChI=1S/C19H15FN2O3/c20-14-6-3-4-12(10-14)11-17(19(24)25)22-18(23)16-9-8-13-5-1-2-7-15(13)21-16/h1-10,17H,11H2,(H,22,23)(H,24,25)/t17-/m0/s1. The molecule has 0 saturated carbocycles. The molecule has 0 aliphatic carbocycles. The zero-order chi connectivity index (χ0) is 17.8. The summed E-state index contributed by atoms with van der Waals surface area (Å²) in [6, 6.07) is 15.1. The maximum atomic E-state index is 13.2. The SMILES string of the molecule is O=C(N[C@@H](Cc1cccc(F)c1)C(=O)O)c1ccc2ccccc2n1. The van der Waals surface area contributed by atoms with Crippen LogP contribution in [0.3, 0.4) is 0 Å². The van der Waals surface area contributed by atoms with E-state index in [0.29, 0.717) is 11.1 Å². The molecular formula is C19H15FN2O3. The van der Waals surface area contributed by atoms with E-state index in [9.17, 15) is 19.1 Å². The van der Waals surface area contributed by atoms with E-state index < -0.39 is 23.7 Å². The maximum Gasteiger partial charge on any atom is 0.326 e. The van der Waals surface area contributed by atoms with Gasteiger partial charge in [-0.05, 0) is 29.8 Å². The lowest BCUT2D eigenvalue weighted by Gasteiger charge is -2.14. The van der Waals surface area contributed by atoms with Gasteiger partial charge in [0.1, 0.15) is 17.6 Å². The summed E-state index contributed by atoms with van der Waals surface area (Å²) in [6.45, 7) is 0. The average molecular weight is 338 g/mol. The van der Waals surface area contributed by atoms with E-state index in [1.165, 1.54) is 18.2 Å². The minimum Gasteiger partial charge on any atom is -0.480 e. The van der Waals surface area contributed by atoms with E-state index in [4.69, 9.17) is 0 Å². The minimum absolute atomic E-state index is 0.0214. The van der Waals surface area contributed by atoms with Crippen molar-refractivity contribution >= 4 is 22.8 Å². The van der Waals surface area contributed by atoms with Crippen LogP contribution in [0.1, 0.15) is 16.1 Å². The Morgan fingerprint density at radius 1 is 1.08 bits per heavy atom. The number of amides is 1. The summed E-state index contributed by atoms with van der Waals surface area (Å²) < 4.78 is 13.2. The molecule has 1 atom stereocenters. The van der Waals surface area contributed by atoms with Gasteiger partial charge in [-0.3, -0.25) is 4.79 Å². The fourth-order valence-electron chi connectivity index (χ4n) is 2.52. The molecule has 0 aliphatic rings. The minimum atomic E-state index is -1.20. The van der Waals surface area contributed by atoms with E-state index in [0.717, 1.165) is 5.39 Å². The predicted molar refractivity (Wildman–Crippen MR) is 90.7 cm³/mol. The lowest BCUT2D eigenvalue weighted by Crippen LogP contribution is -2.42. The van der Waals surface area contributed by atoms with Gasteiger partial charge in [-0.25, -0.2) is 14.2 Å². The number of para-hydroxylation sites is 1. The van der Waals surface area contributed by atoms with E-state index >= 15 is 0 Å². The largest absolute Gasteiger partial charge is 0.480 e. The van der Waals surface area contributed by atoms with E-state index in [1.54, 1.807) is 30.3 Å². The summed E-state index contributed by atoms with van der Waals surface area (Å²) in [5.41, 5.74) is 1.26. The van der Waals surface area contributed by atoms with Crippen LogP contribution in [0, 0.1) is 5.82 Å². The molecule has 1 aromatic heterocycles. The second kappa shape index (κ2) is 7.09. The van der Waals surface area contributed by atoms with Crippen LogP contribution in [0.5, 0.6) is 0 Å². The summed E-state index contributed by atoms with van der Waals surface area (Å²) in [6.07, 6.45) is -0.0214. The van der Waals surface area contributed by atoms with Gasteiger partial charge in [-0.15, -0.1) is 0 Å². The van der Waals surface area contributed by atoms with Crippen LogP contribution in [0.4, 0.5) is 4.39 Å². The van der Waals surface area contributed by atoms with Gasteiger partial charge in [0.15, 0.2) is 0 Å². The number of halogens is 1. The van der Waals surface area contributed by atoms with Crippen LogP contribution >= 0.6 is 0 Å². The van der Waals surface area contributed by atoms with Crippen molar-refractivity contribution < 1.29 is 19.1 Å². The Balaban J connectivity index is 1.78. The molecule has 0 aliphatic heterocycles. The van der Waals surface area contributed by atoms with E-state index in [-0.39, 0.29) is 12.1 Å². The van der Waals surface area contributed by atoms with Gasteiger partial charge >= 0.3 is 5.97 Å². The molecule has 0 fully saturated rings. The second-order valence-electron chi connectivity index (χ2n) is 5.59. The van der Waals surface area contributed by atoms with E-state index in [2.05, 4.69) is 10.3 Å². The normalized spacial score (nSPS) is 11.9. The Kier molecular flexibility index (Phi) is 4.70. The van der Waals surface area contributed by atoms with Gasteiger partial charge in [-0.2, -0.15) is 0 Å². The van der Waals surface area contributed by atoms with Gasteiger partial charge in [-0.1, -0.05) is 36.4 Å². The number of carboxylic acids is 1. The Morgan fingerprint density at radius 3 is 2.64 bits per heavy atom. The summed E-state index contributed by atoms with van der Waals surface area (Å²) in [5.74, 6) is -2.24. The molecule has 0 saturated heterocycles. The van der Waals surface area contributed by atoms with Crippen molar-refractivity contribution in [3.63, 3.8) is 0 Å². The Hall–Kier alpha value is -3.28. The summed E-state index contributed by atoms with van der Waals surface area (Å²) in [7, 11) is 0. The lowest BCUT2D eigenvalue weighted by atomic mass is 10.1. The zero-order valence-electron chi connectivity index (χ0n) is 13.1. The zero-order valence-corrected chi connectivity index (χ0v) is 13.1. The highest BCUT2D eigenvalue weighted by Gasteiger charge is 2.22. The summed E-state index contributed by atoms with van der Waals surface area (Å²) in [5, 5.41) is 12.7. The van der Waals surface area contributed by atoms with Gasteiger partial charge in [0.2, 0.25) is 0 Å². The number of hydrogen-bond acceptors (Lipinski definition) is 3. The van der Waals surface area contributed by atoms with E-state index in [1.807, 2.05) is 12.1 Å². The predicted octanol–water partition coefficient (Wildman–Crippen LogP) is 2.80. The molecular weight excluding hydrogens is 323 g/mol. The lowest BCUT2D eigenvalue weighted by molar-refractivity contribution is -0.139. The number of nitrogens with zero attached hydrogens (tertiary/aromatic N) is 1. The fraction of sp³-hybridized carbons (Fsp3) is 0.105. The van der Waals surface area contributed by atoms with Crippen LogP contribution < -0.4 is 5.32 Å². The maximum absolute atomic E-state index is 13.2. The number of carbonyl (C=O) groups is 2. The molecule has 3 rings (SSSR count). The number of benzene rings is 2.